The summed E-state index contributed by atoms with van der Waals surface area (Å²) >= 11 is 1.66. The van der Waals surface area contributed by atoms with Gasteiger partial charge < -0.3 is 11.1 Å². The second-order valence-electron chi connectivity index (χ2n) is 3.33. The summed E-state index contributed by atoms with van der Waals surface area (Å²) < 4.78 is 0. The van der Waals surface area contributed by atoms with Crippen molar-refractivity contribution in [2.45, 2.75) is 13.3 Å². The second kappa shape index (κ2) is 5.66. The highest BCUT2D eigenvalue weighted by atomic mass is 32.2. The number of nitrogens with two attached hydrogens (primary N) is 1. The highest BCUT2D eigenvalue weighted by Crippen LogP contribution is 2.22. The molecule has 0 fully saturated rings. The number of aryl methyl sites for hydroxylation is 1. The molecule has 3 N–H and O–H groups in total. The van der Waals surface area contributed by atoms with E-state index < -0.39 is 0 Å². The normalized spacial score (nSPS) is 10.0. The van der Waals surface area contributed by atoms with Gasteiger partial charge in [0, 0.05) is 12.2 Å². The van der Waals surface area contributed by atoms with Crippen LogP contribution in [-0.2, 0) is 4.79 Å². The number of anilines is 2. The van der Waals surface area contributed by atoms with Crippen molar-refractivity contribution in [3.05, 3.63) is 23.8 Å². The standard InChI is InChI=1S/C11H16N2OS/c1-8-4-3-5-9(12)11(8)13-10(14)6-7-15-2/h3-5H,6-7,12H2,1-2H3,(H,13,14). The summed E-state index contributed by atoms with van der Waals surface area (Å²) in [4.78, 5) is 11.5. The van der Waals surface area contributed by atoms with Gasteiger partial charge in [0.15, 0.2) is 0 Å². The second-order valence-corrected chi connectivity index (χ2v) is 4.32. The Morgan fingerprint density at radius 3 is 2.87 bits per heavy atom. The van der Waals surface area contributed by atoms with Crippen LogP contribution < -0.4 is 11.1 Å². The molecule has 4 heteroatoms. The van der Waals surface area contributed by atoms with Crippen molar-refractivity contribution < 1.29 is 4.79 Å². The molecule has 0 saturated heterocycles. The highest BCUT2D eigenvalue weighted by molar-refractivity contribution is 7.98. The van der Waals surface area contributed by atoms with Crippen LogP contribution in [0.2, 0.25) is 0 Å². The average molecular weight is 224 g/mol. The number of rotatable bonds is 4. The number of hydrogen-bond acceptors (Lipinski definition) is 3. The van der Waals surface area contributed by atoms with E-state index in [0.29, 0.717) is 12.1 Å². The molecular weight excluding hydrogens is 208 g/mol. The zero-order valence-electron chi connectivity index (χ0n) is 9.04. The van der Waals surface area contributed by atoms with E-state index in [4.69, 9.17) is 5.73 Å². The maximum atomic E-state index is 11.5. The number of thioether (sulfide) groups is 1. The van der Waals surface area contributed by atoms with Crippen molar-refractivity contribution in [1.82, 2.24) is 0 Å². The lowest BCUT2D eigenvalue weighted by molar-refractivity contribution is -0.115. The van der Waals surface area contributed by atoms with Crippen LogP contribution in [0.5, 0.6) is 0 Å². The lowest BCUT2D eigenvalue weighted by atomic mass is 10.1. The van der Waals surface area contributed by atoms with Crippen LogP contribution in [0.1, 0.15) is 12.0 Å². The van der Waals surface area contributed by atoms with Gasteiger partial charge in [-0.15, -0.1) is 0 Å². The van der Waals surface area contributed by atoms with Crippen LogP contribution in [0.3, 0.4) is 0 Å². The number of para-hydroxylation sites is 1. The molecular formula is C11H16N2OS. The Bertz CT molecular complexity index is 332. The van der Waals surface area contributed by atoms with E-state index in [1.54, 1.807) is 17.8 Å². The molecule has 0 unspecified atom stereocenters. The number of hydrogen-bond donors (Lipinski definition) is 2. The Kier molecular flexibility index (Phi) is 4.49. The molecule has 3 nitrogen and oxygen atoms in total. The fourth-order valence-corrected chi connectivity index (χ4v) is 1.65. The van der Waals surface area contributed by atoms with Gasteiger partial charge in [-0.25, -0.2) is 0 Å². The minimum atomic E-state index is 0.0188. The van der Waals surface area contributed by atoms with Gasteiger partial charge in [0.1, 0.15) is 0 Å². The summed E-state index contributed by atoms with van der Waals surface area (Å²) in [5.74, 6) is 0.850. The first-order valence-electron chi connectivity index (χ1n) is 4.79. The van der Waals surface area contributed by atoms with Crippen LogP contribution in [-0.4, -0.2) is 17.9 Å². The molecule has 0 aliphatic rings. The summed E-state index contributed by atoms with van der Waals surface area (Å²) in [6.07, 6.45) is 2.50. The van der Waals surface area contributed by atoms with Gasteiger partial charge in [-0.1, -0.05) is 12.1 Å². The third-order valence-electron chi connectivity index (χ3n) is 2.10. The van der Waals surface area contributed by atoms with Crippen molar-refractivity contribution in [3.8, 4) is 0 Å². The number of benzene rings is 1. The number of carbonyl (C=O) groups is 1. The lowest BCUT2D eigenvalue weighted by Crippen LogP contribution is -2.14. The van der Waals surface area contributed by atoms with Crippen LogP contribution in [0.25, 0.3) is 0 Å². The van der Waals surface area contributed by atoms with E-state index in [2.05, 4.69) is 5.32 Å². The molecule has 1 amide bonds. The third kappa shape index (κ3) is 3.47. The fraction of sp³-hybridized carbons (Fsp3) is 0.364. The van der Waals surface area contributed by atoms with Gasteiger partial charge in [0.2, 0.25) is 5.91 Å². The summed E-state index contributed by atoms with van der Waals surface area (Å²) in [5.41, 5.74) is 8.13. The first-order valence-corrected chi connectivity index (χ1v) is 6.18. The molecule has 0 saturated carbocycles. The summed E-state index contributed by atoms with van der Waals surface area (Å²) in [5, 5.41) is 2.84. The molecule has 1 aromatic rings. The minimum Gasteiger partial charge on any atom is -0.397 e. The van der Waals surface area contributed by atoms with Crippen LogP contribution in [0.15, 0.2) is 18.2 Å². The molecule has 0 radical (unpaired) electrons. The van der Waals surface area contributed by atoms with Crippen molar-refractivity contribution in [1.29, 1.82) is 0 Å². The maximum absolute atomic E-state index is 11.5. The summed E-state index contributed by atoms with van der Waals surface area (Å²) in [7, 11) is 0. The van der Waals surface area contributed by atoms with Crippen molar-refractivity contribution in [2.75, 3.05) is 23.1 Å². The van der Waals surface area contributed by atoms with E-state index >= 15 is 0 Å². The van der Waals surface area contributed by atoms with Crippen LogP contribution >= 0.6 is 11.8 Å². The zero-order chi connectivity index (χ0) is 11.3. The molecule has 15 heavy (non-hydrogen) atoms. The molecule has 0 bridgehead atoms. The molecule has 1 rings (SSSR count). The Morgan fingerprint density at radius 1 is 1.53 bits per heavy atom. The quantitative estimate of drug-likeness (QED) is 0.771. The van der Waals surface area contributed by atoms with E-state index in [0.717, 1.165) is 17.0 Å². The van der Waals surface area contributed by atoms with E-state index in [9.17, 15) is 4.79 Å². The maximum Gasteiger partial charge on any atom is 0.225 e. The number of carbonyl (C=O) groups excluding carboxylic acids is 1. The molecule has 82 valence electrons. The largest absolute Gasteiger partial charge is 0.397 e. The molecule has 0 atom stereocenters. The van der Waals surface area contributed by atoms with Gasteiger partial charge in [-0.2, -0.15) is 11.8 Å². The molecule has 1 aromatic carbocycles. The number of amides is 1. The topological polar surface area (TPSA) is 55.1 Å². The van der Waals surface area contributed by atoms with Crippen molar-refractivity contribution >= 4 is 29.0 Å². The Hall–Kier alpha value is -1.16. The number of nitrogens with one attached hydrogen (secondary N) is 1. The fourth-order valence-electron chi connectivity index (χ4n) is 1.26. The third-order valence-corrected chi connectivity index (χ3v) is 2.72. The molecule has 0 aliphatic heterocycles. The SMILES string of the molecule is CSCCC(=O)Nc1c(C)cccc1N. The minimum absolute atomic E-state index is 0.0188. The predicted octanol–water partition coefficient (Wildman–Crippen LogP) is 2.27. The lowest BCUT2D eigenvalue weighted by Gasteiger charge is -2.10. The van der Waals surface area contributed by atoms with Gasteiger partial charge in [0.05, 0.1) is 11.4 Å². The highest BCUT2D eigenvalue weighted by Gasteiger charge is 2.06. The first kappa shape index (κ1) is 11.9. The Balaban J connectivity index is 2.68. The van der Waals surface area contributed by atoms with Gasteiger partial charge in [-0.05, 0) is 24.8 Å². The molecule has 0 spiro atoms. The van der Waals surface area contributed by atoms with E-state index in [1.807, 2.05) is 25.3 Å². The average Bonchev–Trinajstić information content (AvgIpc) is 2.21. The van der Waals surface area contributed by atoms with E-state index in [1.165, 1.54) is 0 Å². The molecule has 0 aromatic heterocycles. The van der Waals surface area contributed by atoms with E-state index in [-0.39, 0.29) is 5.91 Å². The van der Waals surface area contributed by atoms with Crippen molar-refractivity contribution in [3.63, 3.8) is 0 Å². The first-order chi connectivity index (χ1) is 7.15. The van der Waals surface area contributed by atoms with Gasteiger partial charge >= 0.3 is 0 Å². The van der Waals surface area contributed by atoms with Crippen LogP contribution in [0.4, 0.5) is 11.4 Å². The summed E-state index contributed by atoms with van der Waals surface area (Å²) in [6, 6.07) is 5.60. The summed E-state index contributed by atoms with van der Waals surface area (Å²) in [6.45, 7) is 1.93. The zero-order valence-corrected chi connectivity index (χ0v) is 9.86. The number of nitrogen functional groups attached to an aromatic ring is 1. The monoisotopic (exact) mass is 224 g/mol. The smallest absolute Gasteiger partial charge is 0.225 e. The van der Waals surface area contributed by atoms with Crippen LogP contribution in [0, 0.1) is 6.92 Å². The van der Waals surface area contributed by atoms with Crippen molar-refractivity contribution in [2.24, 2.45) is 0 Å². The molecule has 0 heterocycles. The predicted molar refractivity (Wildman–Crippen MR) is 67.2 cm³/mol. The Labute approximate surface area is 94.4 Å². The Morgan fingerprint density at radius 2 is 2.27 bits per heavy atom. The van der Waals surface area contributed by atoms with Gasteiger partial charge in [-0.3, -0.25) is 4.79 Å². The molecule has 0 aliphatic carbocycles. The van der Waals surface area contributed by atoms with Gasteiger partial charge in [0.25, 0.3) is 0 Å².